The lowest BCUT2D eigenvalue weighted by atomic mass is 9.94. The number of nitrogens with one attached hydrogen (secondary N) is 2. The molecule has 3 heterocycles. The fourth-order valence-electron chi connectivity index (χ4n) is 3.33. The third-order valence-electron chi connectivity index (χ3n) is 4.59. The summed E-state index contributed by atoms with van der Waals surface area (Å²) in [7, 11) is 0. The van der Waals surface area contributed by atoms with Crippen molar-refractivity contribution in [3.05, 3.63) is 31.2 Å². The van der Waals surface area contributed by atoms with E-state index < -0.39 is 0 Å². The summed E-state index contributed by atoms with van der Waals surface area (Å²) < 4.78 is 5.05. The van der Waals surface area contributed by atoms with Crippen LogP contribution in [0, 0.1) is 0 Å². The monoisotopic (exact) mass is 343 g/mol. The molecule has 1 saturated heterocycles. The first-order chi connectivity index (χ1) is 12.1. The molecule has 1 amide bonds. The van der Waals surface area contributed by atoms with Gasteiger partial charge in [-0.3, -0.25) is 9.59 Å². The Hall–Kier alpha value is -2.90. The van der Waals surface area contributed by atoms with E-state index >= 15 is 0 Å². The lowest BCUT2D eigenvalue weighted by Gasteiger charge is -2.41. The molecule has 2 N–H and O–H groups in total. The van der Waals surface area contributed by atoms with Crippen LogP contribution in [-0.2, 0) is 14.3 Å². The quantitative estimate of drug-likeness (QED) is 0.609. The van der Waals surface area contributed by atoms with Crippen molar-refractivity contribution in [1.82, 2.24) is 19.9 Å². The van der Waals surface area contributed by atoms with Crippen LogP contribution in [0.25, 0.3) is 11.0 Å². The Labute approximate surface area is 145 Å². The zero-order valence-electron chi connectivity index (χ0n) is 14.0. The van der Waals surface area contributed by atoms with Gasteiger partial charge in [0.1, 0.15) is 23.9 Å². The number of carbonyl (C=O) groups excluding carboxylic acids is 2. The van der Waals surface area contributed by atoms with Crippen LogP contribution in [0.5, 0.6) is 0 Å². The van der Waals surface area contributed by atoms with Crippen LogP contribution < -0.4 is 5.32 Å². The molecule has 1 fully saturated rings. The van der Waals surface area contributed by atoms with Crippen molar-refractivity contribution < 1.29 is 14.3 Å². The summed E-state index contributed by atoms with van der Waals surface area (Å²) in [6, 6.07) is 1.79. The Bertz CT molecular complexity index is 774. The smallest absolute Gasteiger partial charge is 0.293 e. The second-order valence-corrected chi connectivity index (χ2v) is 6.08. The van der Waals surface area contributed by atoms with Crippen LogP contribution in [0.4, 0.5) is 5.82 Å². The van der Waals surface area contributed by atoms with E-state index in [1.807, 2.05) is 12.3 Å². The molecule has 8 nitrogen and oxygen atoms in total. The molecule has 0 bridgehead atoms. The maximum absolute atomic E-state index is 12.3. The fourth-order valence-corrected chi connectivity index (χ4v) is 3.33. The summed E-state index contributed by atoms with van der Waals surface area (Å²) in [6.07, 6.45) is 5.78. The molecule has 8 heteroatoms. The minimum absolute atomic E-state index is 0.0385. The van der Waals surface area contributed by atoms with E-state index in [1.54, 1.807) is 11.8 Å². The normalized spacial score (nSPS) is 21.6. The summed E-state index contributed by atoms with van der Waals surface area (Å²) in [5, 5.41) is 4.31. The number of fused-ring (bicyclic) bond motifs is 1. The second kappa shape index (κ2) is 7.33. The molecule has 0 aliphatic carbocycles. The molecule has 0 aromatic carbocycles. The summed E-state index contributed by atoms with van der Waals surface area (Å²) in [6.45, 7) is 6.28. The van der Waals surface area contributed by atoms with E-state index in [2.05, 4.69) is 26.8 Å². The maximum Gasteiger partial charge on any atom is 0.293 e. The van der Waals surface area contributed by atoms with Gasteiger partial charge in [0.15, 0.2) is 0 Å². The number of aromatic amines is 1. The molecule has 0 spiro atoms. The van der Waals surface area contributed by atoms with Crippen LogP contribution in [0.2, 0.25) is 0 Å². The van der Waals surface area contributed by atoms with Gasteiger partial charge in [0.05, 0.1) is 11.4 Å². The van der Waals surface area contributed by atoms with Gasteiger partial charge in [-0.25, -0.2) is 9.97 Å². The molecule has 3 atom stereocenters. The predicted molar refractivity (Wildman–Crippen MR) is 92.8 cm³/mol. The number of ether oxygens (including phenoxy) is 1. The van der Waals surface area contributed by atoms with Crippen LogP contribution in [-0.4, -0.2) is 57.0 Å². The molecular formula is C17H21N5O3. The van der Waals surface area contributed by atoms with E-state index in [9.17, 15) is 9.59 Å². The van der Waals surface area contributed by atoms with Gasteiger partial charge in [0, 0.05) is 18.8 Å². The van der Waals surface area contributed by atoms with Gasteiger partial charge in [-0.15, -0.1) is 0 Å². The maximum atomic E-state index is 12.3. The minimum Gasteiger partial charge on any atom is -0.463 e. The first kappa shape index (κ1) is 16.9. The molecule has 2 aromatic rings. The molecule has 0 unspecified atom stereocenters. The van der Waals surface area contributed by atoms with Gasteiger partial charge < -0.3 is 19.9 Å². The van der Waals surface area contributed by atoms with Crippen molar-refractivity contribution >= 4 is 29.2 Å². The Morgan fingerprint density at radius 2 is 2.36 bits per heavy atom. The number of H-pyrrole nitrogens is 1. The summed E-state index contributed by atoms with van der Waals surface area (Å²) in [5.41, 5.74) is 0.762. The van der Waals surface area contributed by atoms with Gasteiger partial charge in [-0.2, -0.15) is 0 Å². The summed E-state index contributed by atoms with van der Waals surface area (Å²) in [5.74, 6) is 0.560. The van der Waals surface area contributed by atoms with E-state index in [0.29, 0.717) is 19.4 Å². The Kier molecular flexibility index (Phi) is 4.97. The number of piperidine rings is 1. The third kappa shape index (κ3) is 3.47. The standard InChI is InChI=1S/C17H21N5O3/c1-3-15(24)22-8-12(4-5-14(22)11(2)25-10-23)21-17-13-6-7-18-16(13)19-9-20-17/h3,6-7,9-12,14H,1,4-5,8H2,2H3,(H2,18,19,20,21)/t11-,12-,14+/m1/s1. The Morgan fingerprint density at radius 1 is 1.52 bits per heavy atom. The Balaban J connectivity index is 1.76. The molecule has 2 aromatic heterocycles. The van der Waals surface area contributed by atoms with Gasteiger partial charge in [-0.1, -0.05) is 6.58 Å². The van der Waals surface area contributed by atoms with Crippen molar-refractivity contribution in [3.8, 4) is 0 Å². The Morgan fingerprint density at radius 3 is 3.12 bits per heavy atom. The number of carbonyl (C=O) groups is 2. The molecule has 0 radical (unpaired) electrons. The second-order valence-electron chi connectivity index (χ2n) is 6.08. The molecule has 1 aliphatic rings. The number of nitrogens with zero attached hydrogens (tertiary/aromatic N) is 3. The highest BCUT2D eigenvalue weighted by atomic mass is 16.5. The first-order valence-corrected chi connectivity index (χ1v) is 8.20. The molecule has 3 rings (SSSR count). The van der Waals surface area contributed by atoms with Crippen molar-refractivity contribution in [1.29, 1.82) is 0 Å². The highest BCUT2D eigenvalue weighted by Gasteiger charge is 2.35. The minimum atomic E-state index is -0.363. The number of amides is 1. The van der Waals surface area contributed by atoms with E-state index in [4.69, 9.17) is 4.74 Å². The van der Waals surface area contributed by atoms with Crippen LogP contribution in [0.1, 0.15) is 19.8 Å². The average molecular weight is 343 g/mol. The van der Waals surface area contributed by atoms with E-state index in [0.717, 1.165) is 23.3 Å². The van der Waals surface area contributed by atoms with Gasteiger partial charge in [-0.05, 0) is 31.9 Å². The van der Waals surface area contributed by atoms with Crippen LogP contribution in [0.15, 0.2) is 31.2 Å². The third-order valence-corrected chi connectivity index (χ3v) is 4.59. The first-order valence-electron chi connectivity index (χ1n) is 8.20. The van der Waals surface area contributed by atoms with Gasteiger partial charge in [0.25, 0.3) is 6.47 Å². The average Bonchev–Trinajstić information content (AvgIpc) is 3.11. The van der Waals surface area contributed by atoms with E-state index in [1.165, 1.54) is 12.4 Å². The van der Waals surface area contributed by atoms with Crippen molar-refractivity contribution in [3.63, 3.8) is 0 Å². The zero-order chi connectivity index (χ0) is 17.8. The number of hydrogen-bond acceptors (Lipinski definition) is 6. The molecule has 132 valence electrons. The predicted octanol–water partition coefficient (Wildman–Crippen LogP) is 1.48. The highest BCUT2D eigenvalue weighted by Crippen LogP contribution is 2.26. The lowest BCUT2D eigenvalue weighted by Crippen LogP contribution is -2.54. The molecule has 1 aliphatic heterocycles. The number of hydrogen-bond donors (Lipinski definition) is 2. The van der Waals surface area contributed by atoms with Gasteiger partial charge >= 0.3 is 0 Å². The number of likely N-dealkylation sites (tertiary alicyclic amines) is 1. The van der Waals surface area contributed by atoms with E-state index in [-0.39, 0.29) is 24.1 Å². The number of rotatable bonds is 6. The molecular weight excluding hydrogens is 322 g/mol. The van der Waals surface area contributed by atoms with Crippen LogP contribution in [0.3, 0.4) is 0 Å². The van der Waals surface area contributed by atoms with Crippen molar-refractivity contribution in [2.24, 2.45) is 0 Å². The lowest BCUT2D eigenvalue weighted by molar-refractivity contribution is -0.143. The summed E-state index contributed by atoms with van der Waals surface area (Å²) >= 11 is 0. The summed E-state index contributed by atoms with van der Waals surface area (Å²) in [4.78, 5) is 36.1. The molecule has 0 saturated carbocycles. The number of aromatic nitrogens is 3. The van der Waals surface area contributed by atoms with Crippen molar-refractivity contribution in [2.45, 2.75) is 38.0 Å². The topological polar surface area (TPSA) is 100 Å². The largest absolute Gasteiger partial charge is 0.463 e. The SMILES string of the molecule is C=CC(=O)N1C[C@H](Nc2ncnc3[nH]ccc23)CC[C@H]1[C@@H](C)OC=O. The van der Waals surface area contributed by atoms with Crippen molar-refractivity contribution in [2.75, 3.05) is 11.9 Å². The highest BCUT2D eigenvalue weighted by molar-refractivity contribution is 5.88. The molecule has 25 heavy (non-hydrogen) atoms. The fraction of sp³-hybridized carbons (Fsp3) is 0.412. The van der Waals surface area contributed by atoms with Gasteiger partial charge in [0.2, 0.25) is 5.91 Å². The number of anilines is 1. The van der Waals surface area contributed by atoms with Crippen LogP contribution >= 0.6 is 0 Å². The zero-order valence-corrected chi connectivity index (χ0v) is 14.0.